The lowest BCUT2D eigenvalue weighted by Crippen LogP contribution is -2.45. The Morgan fingerprint density at radius 3 is 2.43 bits per heavy atom. The summed E-state index contributed by atoms with van der Waals surface area (Å²) in [7, 11) is -4.26. The molecule has 13 heteroatoms. The molecule has 2 atom stereocenters. The summed E-state index contributed by atoms with van der Waals surface area (Å²) in [6, 6.07) is 6.38. The summed E-state index contributed by atoms with van der Waals surface area (Å²) < 4.78 is 92.6. The molecule has 1 aliphatic rings. The number of nitrogens with one attached hydrogen (secondary N) is 1. The number of aryl methyl sites for hydroxylation is 1. The highest BCUT2D eigenvalue weighted by atomic mass is 32.2. The Kier molecular flexibility index (Phi) is 7.29. The van der Waals surface area contributed by atoms with E-state index in [0.29, 0.717) is 22.4 Å². The van der Waals surface area contributed by atoms with Crippen LogP contribution in [0.1, 0.15) is 23.4 Å². The van der Waals surface area contributed by atoms with E-state index in [1.807, 2.05) is 0 Å². The SMILES string of the molecule is Cc1cnc(CNC(=O)C2CC(F)CN2S(=O)(=O)c2ccc(F)cc2)cc1-c1ccc(C(F)(F)F)nc1. The molecule has 0 aliphatic carbocycles. The van der Waals surface area contributed by atoms with Crippen molar-refractivity contribution in [1.29, 1.82) is 0 Å². The van der Waals surface area contributed by atoms with Gasteiger partial charge in [-0.15, -0.1) is 0 Å². The van der Waals surface area contributed by atoms with E-state index in [4.69, 9.17) is 0 Å². The number of halogens is 5. The van der Waals surface area contributed by atoms with E-state index in [9.17, 15) is 35.2 Å². The van der Waals surface area contributed by atoms with E-state index in [2.05, 4.69) is 15.3 Å². The Morgan fingerprint density at radius 2 is 1.81 bits per heavy atom. The van der Waals surface area contributed by atoms with Gasteiger partial charge in [0, 0.05) is 30.9 Å². The van der Waals surface area contributed by atoms with Crippen molar-refractivity contribution >= 4 is 15.9 Å². The molecule has 3 heterocycles. The molecule has 1 fully saturated rings. The van der Waals surface area contributed by atoms with Gasteiger partial charge in [0.05, 0.1) is 17.1 Å². The second-order valence-corrected chi connectivity index (χ2v) is 10.4. The molecule has 2 unspecified atom stereocenters. The van der Waals surface area contributed by atoms with Crippen LogP contribution < -0.4 is 5.32 Å². The Bertz CT molecular complexity index is 1400. The van der Waals surface area contributed by atoms with Crippen molar-refractivity contribution < 1.29 is 35.2 Å². The van der Waals surface area contributed by atoms with Crippen molar-refractivity contribution in [2.75, 3.05) is 6.54 Å². The summed E-state index contributed by atoms with van der Waals surface area (Å²) in [6.07, 6.45) is -3.92. The van der Waals surface area contributed by atoms with E-state index >= 15 is 0 Å². The van der Waals surface area contributed by atoms with Gasteiger partial charge in [0.1, 0.15) is 23.7 Å². The fourth-order valence-electron chi connectivity index (χ4n) is 3.99. The van der Waals surface area contributed by atoms with Crippen LogP contribution in [0.2, 0.25) is 0 Å². The highest BCUT2D eigenvalue weighted by Gasteiger charge is 2.44. The first-order chi connectivity index (χ1) is 17.4. The number of carbonyl (C=O) groups is 1. The van der Waals surface area contributed by atoms with Crippen LogP contribution in [0.4, 0.5) is 22.0 Å². The first-order valence-corrected chi connectivity index (χ1v) is 12.5. The zero-order valence-electron chi connectivity index (χ0n) is 19.3. The van der Waals surface area contributed by atoms with Crippen LogP contribution in [0, 0.1) is 12.7 Å². The number of aromatic nitrogens is 2. The number of rotatable bonds is 6. The highest BCUT2D eigenvalue weighted by molar-refractivity contribution is 7.89. The fraction of sp³-hybridized carbons (Fsp3) is 0.292. The standard InChI is InChI=1S/C24H21F5N4O3S/c1-14-10-30-18(9-20(14)15-2-7-22(31-11-15)24(27,28)29)12-32-23(34)21-8-17(26)13-33(21)37(35,36)19-5-3-16(25)4-6-19/h2-7,9-11,17,21H,8,12-13H2,1H3,(H,32,34). The van der Waals surface area contributed by atoms with Crippen molar-refractivity contribution in [2.24, 2.45) is 0 Å². The van der Waals surface area contributed by atoms with Crippen molar-refractivity contribution in [3.05, 3.63) is 77.6 Å². The number of sulfonamides is 1. The summed E-state index contributed by atoms with van der Waals surface area (Å²) in [6.45, 7) is 1.05. The molecule has 0 bridgehead atoms. The van der Waals surface area contributed by atoms with Crippen LogP contribution >= 0.6 is 0 Å². The molecule has 1 saturated heterocycles. The van der Waals surface area contributed by atoms with Gasteiger partial charge in [0.2, 0.25) is 15.9 Å². The van der Waals surface area contributed by atoms with Crippen LogP contribution in [-0.4, -0.2) is 47.4 Å². The third-order valence-electron chi connectivity index (χ3n) is 5.90. The third kappa shape index (κ3) is 5.77. The van der Waals surface area contributed by atoms with E-state index in [1.165, 1.54) is 12.3 Å². The number of nitrogens with zero attached hydrogens (tertiary/aromatic N) is 3. The minimum absolute atomic E-state index is 0.141. The first-order valence-electron chi connectivity index (χ1n) is 11.0. The fourth-order valence-corrected chi connectivity index (χ4v) is 5.62. The Balaban J connectivity index is 1.50. The largest absolute Gasteiger partial charge is 0.433 e. The zero-order valence-corrected chi connectivity index (χ0v) is 20.2. The van der Waals surface area contributed by atoms with Crippen LogP contribution in [0.15, 0.2) is 59.8 Å². The van der Waals surface area contributed by atoms with Crippen LogP contribution in [0.3, 0.4) is 0 Å². The van der Waals surface area contributed by atoms with Crippen LogP contribution in [0.5, 0.6) is 0 Å². The zero-order chi connectivity index (χ0) is 27.0. The summed E-state index contributed by atoms with van der Waals surface area (Å²) >= 11 is 0. The highest BCUT2D eigenvalue weighted by Crippen LogP contribution is 2.31. The average molecular weight is 541 g/mol. The van der Waals surface area contributed by atoms with Gasteiger partial charge in [-0.3, -0.25) is 14.8 Å². The number of hydrogen-bond donors (Lipinski definition) is 1. The molecule has 1 aliphatic heterocycles. The third-order valence-corrected chi connectivity index (χ3v) is 7.78. The van der Waals surface area contributed by atoms with E-state index in [-0.39, 0.29) is 17.9 Å². The van der Waals surface area contributed by atoms with Gasteiger partial charge in [0.25, 0.3) is 0 Å². The topological polar surface area (TPSA) is 92.3 Å². The minimum Gasteiger partial charge on any atom is -0.349 e. The molecule has 196 valence electrons. The molecular formula is C24H21F5N4O3S. The number of benzene rings is 1. The van der Waals surface area contributed by atoms with Crippen molar-refractivity contribution in [1.82, 2.24) is 19.6 Å². The lowest BCUT2D eigenvalue weighted by Gasteiger charge is -2.23. The number of alkyl halides is 4. The van der Waals surface area contributed by atoms with Crippen molar-refractivity contribution in [3.63, 3.8) is 0 Å². The minimum atomic E-state index is -4.57. The second kappa shape index (κ2) is 10.1. The molecule has 0 saturated carbocycles. The molecule has 37 heavy (non-hydrogen) atoms. The van der Waals surface area contributed by atoms with E-state index in [0.717, 1.165) is 40.8 Å². The number of pyridine rings is 2. The molecule has 2 aromatic heterocycles. The van der Waals surface area contributed by atoms with Gasteiger partial charge in [-0.2, -0.15) is 17.5 Å². The number of amides is 1. The number of hydrogen-bond acceptors (Lipinski definition) is 5. The molecule has 0 spiro atoms. The monoisotopic (exact) mass is 540 g/mol. The van der Waals surface area contributed by atoms with Gasteiger partial charge in [-0.25, -0.2) is 17.2 Å². The Morgan fingerprint density at radius 1 is 1.11 bits per heavy atom. The van der Waals surface area contributed by atoms with Crippen molar-refractivity contribution in [2.45, 2.75) is 43.2 Å². The van der Waals surface area contributed by atoms with Gasteiger partial charge in [0.15, 0.2) is 0 Å². The van der Waals surface area contributed by atoms with E-state index < -0.39 is 52.4 Å². The van der Waals surface area contributed by atoms with Gasteiger partial charge < -0.3 is 5.32 Å². The first kappa shape index (κ1) is 26.6. The quantitative estimate of drug-likeness (QED) is 0.477. The molecule has 1 amide bonds. The maximum atomic E-state index is 14.2. The van der Waals surface area contributed by atoms with Gasteiger partial charge in [-0.1, -0.05) is 6.07 Å². The summed E-state index contributed by atoms with van der Waals surface area (Å²) in [4.78, 5) is 20.3. The van der Waals surface area contributed by atoms with Gasteiger partial charge in [-0.05, 0) is 54.4 Å². The molecule has 4 rings (SSSR count). The lowest BCUT2D eigenvalue weighted by atomic mass is 10.0. The van der Waals surface area contributed by atoms with Crippen LogP contribution in [0.25, 0.3) is 11.1 Å². The Hall–Kier alpha value is -3.45. The summed E-state index contributed by atoms with van der Waals surface area (Å²) in [5, 5.41) is 2.55. The van der Waals surface area contributed by atoms with Gasteiger partial charge >= 0.3 is 6.18 Å². The maximum Gasteiger partial charge on any atom is 0.433 e. The average Bonchev–Trinajstić information content (AvgIpc) is 3.26. The smallest absolute Gasteiger partial charge is 0.349 e. The lowest BCUT2D eigenvalue weighted by molar-refractivity contribution is -0.141. The van der Waals surface area contributed by atoms with Crippen LogP contribution in [-0.2, 0) is 27.5 Å². The molecule has 3 aromatic rings. The maximum absolute atomic E-state index is 14.2. The second-order valence-electron chi connectivity index (χ2n) is 8.52. The number of carbonyl (C=O) groups excluding carboxylic acids is 1. The predicted molar refractivity (Wildman–Crippen MR) is 123 cm³/mol. The van der Waals surface area contributed by atoms with E-state index in [1.54, 1.807) is 13.0 Å². The predicted octanol–water partition coefficient (Wildman–Crippen LogP) is 4.03. The van der Waals surface area contributed by atoms with Crippen molar-refractivity contribution in [3.8, 4) is 11.1 Å². The summed E-state index contributed by atoms with van der Waals surface area (Å²) in [5.41, 5.74) is 0.929. The molecule has 1 N–H and O–H groups in total. The molecular weight excluding hydrogens is 519 g/mol. The normalized spacial score (nSPS) is 18.6. The molecule has 0 radical (unpaired) electrons. The summed E-state index contributed by atoms with van der Waals surface area (Å²) in [5.74, 6) is -1.39. The molecule has 7 nitrogen and oxygen atoms in total. The Labute approximate surface area is 209 Å². The molecule has 1 aromatic carbocycles.